The lowest BCUT2D eigenvalue weighted by Crippen LogP contribution is -2.21. The van der Waals surface area contributed by atoms with Crippen LogP contribution in [-0.2, 0) is 0 Å². The first-order chi connectivity index (χ1) is 6.99. The van der Waals surface area contributed by atoms with Crippen molar-refractivity contribution < 1.29 is 23.1 Å². The zero-order valence-corrected chi connectivity index (χ0v) is 7.93. The molecule has 0 aliphatic heterocycles. The molecule has 0 aromatic heterocycles. The number of hydrogen-bond donors (Lipinski definition) is 1. The first kappa shape index (κ1) is 11.7. The molecule has 0 aliphatic carbocycles. The molecule has 0 bridgehead atoms. The number of aliphatic hydroxyl groups excluding tert-OH is 1. The van der Waals surface area contributed by atoms with Crippen molar-refractivity contribution in [3.05, 3.63) is 35.1 Å². The Morgan fingerprint density at radius 2 is 1.93 bits per heavy atom. The monoisotopic (exact) mass is 218 g/mol. The van der Waals surface area contributed by atoms with Crippen LogP contribution in [0.3, 0.4) is 0 Å². The zero-order valence-electron chi connectivity index (χ0n) is 7.93. The van der Waals surface area contributed by atoms with Gasteiger partial charge in [-0.1, -0.05) is 6.92 Å². The number of carbonyl (C=O) groups is 1. The molecule has 1 unspecified atom stereocenters. The highest BCUT2D eigenvalue weighted by molar-refractivity contribution is 5.99. The van der Waals surface area contributed by atoms with E-state index in [4.69, 9.17) is 5.11 Å². The predicted molar refractivity (Wildman–Crippen MR) is 46.9 cm³/mol. The van der Waals surface area contributed by atoms with Crippen LogP contribution < -0.4 is 0 Å². The molecule has 1 aromatic carbocycles. The molecular weight excluding hydrogens is 209 g/mol. The summed E-state index contributed by atoms with van der Waals surface area (Å²) in [6.45, 7) is 1.51. The quantitative estimate of drug-likeness (QED) is 0.622. The minimum Gasteiger partial charge on any atom is -0.385 e. The minimum absolute atomic E-state index is 0.0806. The van der Waals surface area contributed by atoms with E-state index in [1.807, 2.05) is 0 Å². The van der Waals surface area contributed by atoms with E-state index in [-0.39, 0.29) is 6.42 Å². The molecule has 0 heterocycles. The van der Waals surface area contributed by atoms with Crippen molar-refractivity contribution in [2.75, 3.05) is 0 Å². The van der Waals surface area contributed by atoms with Crippen LogP contribution in [0.4, 0.5) is 13.2 Å². The van der Waals surface area contributed by atoms with E-state index in [9.17, 15) is 18.0 Å². The molecule has 5 heteroatoms. The second kappa shape index (κ2) is 4.44. The van der Waals surface area contributed by atoms with Crippen LogP contribution in [0.5, 0.6) is 0 Å². The van der Waals surface area contributed by atoms with E-state index in [2.05, 4.69) is 0 Å². The minimum atomic E-state index is -1.70. The van der Waals surface area contributed by atoms with E-state index in [1.54, 1.807) is 0 Å². The van der Waals surface area contributed by atoms with Crippen LogP contribution in [0.1, 0.15) is 23.7 Å². The Morgan fingerprint density at radius 1 is 1.33 bits per heavy atom. The summed E-state index contributed by atoms with van der Waals surface area (Å²) in [7, 11) is 0. The number of Topliss-reactive ketones (excluding diaryl/α,β-unsaturated/α-hetero) is 1. The van der Waals surface area contributed by atoms with Gasteiger partial charge >= 0.3 is 0 Å². The Morgan fingerprint density at radius 3 is 2.47 bits per heavy atom. The number of halogens is 3. The van der Waals surface area contributed by atoms with Gasteiger partial charge in [0.05, 0.1) is 5.56 Å². The topological polar surface area (TPSA) is 37.3 Å². The van der Waals surface area contributed by atoms with E-state index in [0.717, 1.165) is 6.07 Å². The molecule has 1 atom stereocenters. The average molecular weight is 218 g/mol. The van der Waals surface area contributed by atoms with Crippen molar-refractivity contribution in [2.45, 2.75) is 19.4 Å². The van der Waals surface area contributed by atoms with Gasteiger partial charge in [0.1, 0.15) is 6.10 Å². The molecule has 0 aliphatic rings. The molecule has 1 N–H and O–H groups in total. The summed E-state index contributed by atoms with van der Waals surface area (Å²) in [6, 6.07) is 1.46. The van der Waals surface area contributed by atoms with Crippen molar-refractivity contribution in [3.63, 3.8) is 0 Å². The fraction of sp³-hybridized carbons (Fsp3) is 0.300. The van der Waals surface area contributed by atoms with Gasteiger partial charge in [-0.05, 0) is 18.6 Å². The maximum Gasteiger partial charge on any atom is 0.195 e. The first-order valence-electron chi connectivity index (χ1n) is 4.34. The summed E-state index contributed by atoms with van der Waals surface area (Å²) >= 11 is 0. The van der Waals surface area contributed by atoms with Crippen LogP contribution in [0.15, 0.2) is 12.1 Å². The highest BCUT2D eigenvalue weighted by Gasteiger charge is 2.22. The Bertz CT molecular complexity index is 390. The van der Waals surface area contributed by atoms with Gasteiger partial charge in [0, 0.05) is 0 Å². The number of benzene rings is 1. The molecule has 0 amide bonds. The van der Waals surface area contributed by atoms with E-state index in [1.165, 1.54) is 6.92 Å². The smallest absolute Gasteiger partial charge is 0.195 e. The van der Waals surface area contributed by atoms with Crippen LogP contribution in [0.2, 0.25) is 0 Å². The summed E-state index contributed by atoms with van der Waals surface area (Å²) in [5.41, 5.74) is -0.636. The molecule has 0 saturated heterocycles. The molecular formula is C10H9F3O2. The Labute approximate surface area is 84.3 Å². The van der Waals surface area contributed by atoms with Gasteiger partial charge in [0.15, 0.2) is 23.2 Å². The fourth-order valence-electron chi connectivity index (χ4n) is 1.08. The molecule has 2 nitrogen and oxygen atoms in total. The van der Waals surface area contributed by atoms with Gasteiger partial charge in [-0.2, -0.15) is 0 Å². The number of carbonyl (C=O) groups excluding carboxylic acids is 1. The summed E-state index contributed by atoms with van der Waals surface area (Å²) in [4.78, 5) is 11.3. The first-order valence-corrected chi connectivity index (χ1v) is 4.34. The largest absolute Gasteiger partial charge is 0.385 e. The lowest BCUT2D eigenvalue weighted by molar-refractivity contribution is 0.0735. The van der Waals surface area contributed by atoms with Crippen molar-refractivity contribution >= 4 is 5.78 Å². The number of rotatable bonds is 3. The summed E-state index contributed by atoms with van der Waals surface area (Å²) in [5.74, 6) is -5.58. The summed E-state index contributed by atoms with van der Waals surface area (Å²) < 4.78 is 38.3. The van der Waals surface area contributed by atoms with Gasteiger partial charge in [-0.15, -0.1) is 0 Å². The Balaban J connectivity index is 3.16. The maximum absolute atomic E-state index is 13.1. The zero-order chi connectivity index (χ0) is 11.6. The molecule has 0 fully saturated rings. The van der Waals surface area contributed by atoms with Crippen LogP contribution in [0.25, 0.3) is 0 Å². The third kappa shape index (κ3) is 2.18. The van der Waals surface area contributed by atoms with Gasteiger partial charge in [-0.25, -0.2) is 13.2 Å². The summed E-state index contributed by atoms with van der Waals surface area (Å²) in [5, 5.41) is 9.13. The van der Waals surface area contributed by atoms with Gasteiger partial charge in [0.2, 0.25) is 0 Å². The van der Waals surface area contributed by atoms with Gasteiger partial charge in [0.25, 0.3) is 0 Å². The van der Waals surface area contributed by atoms with E-state index in [0.29, 0.717) is 6.07 Å². The normalized spacial score (nSPS) is 12.6. The lowest BCUT2D eigenvalue weighted by Gasteiger charge is -2.07. The number of ketones is 1. The van der Waals surface area contributed by atoms with Crippen molar-refractivity contribution in [3.8, 4) is 0 Å². The highest BCUT2D eigenvalue weighted by atomic mass is 19.2. The maximum atomic E-state index is 13.1. The van der Waals surface area contributed by atoms with Crippen molar-refractivity contribution in [1.29, 1.82) is 0 Å². The van der Waals surface area contributed by atoms with Crippen molar-refractivity contribution in [2.24, 2.45) is 0 Å². The summed E-state index contributed by atoms with van der Waals surface area (Å²) in [6.07, 6.45) is -1.32. The number of aliphatic hydroxyl groups is 1. The van der Waals surface area contributed by atoms with Crippen LogP contribution >= 0.6 is 0 Å². The standard InChI is InChI=1S/C10H9F3O2/c1-2-7(14)10(15)5-3-4-6(11)9(13)8(5)12/h3-4,7,14H,2H2,1H3. The molecule has 82 valence electrons. The molecule has 1 rings (SSSR count). The van der Waals surface area contributed by atoms with E-state index < -0.39 is 34.9 Å². The van der Waals surface area contributed by atoms with Gasteiger partial charge in [-0.3, -0.25) is 4.79 Å². The predicted octanol–water partition coefficient (Wildman–Crippen LogP) is 2.06. The molecule has 1 aromatic rings. The second-order valence-electron chi connectivity index (χ2n) is 3.01. The lowest BCUT2D eigenvalue weighted by atomic mass is 10.0. The third-order valence-corrected chi connectivity index (χ3v) is 1.99. The Hall–Kier alpha value is -1.36. The fourth-order valence-corrected chi connectivity index (χ4v) is 1.08. The van der Waals surface area contributed by atoms with E-state index >= 15 is 0 Å². The van der Waals surface area contributed by atoms with Crippen molar-refractivity contribution in [1.82, 2.24) is 0 Å². The second-order valence-corrected chi connectivity index (χ2v) is 3.01. The molecule has 0 spiro atoms. The van der Waals surface area contributed by atoms with Crippen LogP contribution in [-0.4, -0.2) is 17.0 Å². The molecule has 0 saturated carbocycles. The average Bonchev–Trinajstić information content (AvgIpc) is 2.24. The highest BCUT2D eigenvalue weighted by Crippen LogP contribution is 2.17. The number of hydrogen-bond acceptors (Lipinski definition) is 2. The third-order valence-electron chi connectivity index (χ3n) is 1.99. The molecule has 15 heavy (non-hydrogen) atoms. The van der Waals surface area contributed by atoms with Crippen LogP contribution in [0, 0.1) is 17.5 Å². The molecule has 0 radical (unpaired) electrons. The van der Waals surface area contributed by atoms with Gasteiger partial charge < -0.3 is 5.11 Å². The SMILES string of the molecule is CCC(O)C(=O)c1ccc(F)c(F)c1F. The Kier molecular flexibility index (Phi) is 3.47.